The largest absolute Gasteiger partial charge is 0.369 e. The quantitative estimate of drug-likeness (QED) is 0.726. The minimum atomic E-state index is -0.207. The van der Waals surface area contributed by atoms with Gasteiger partial charge in [-0.15, -0.1) is 0 Å². The summed E-state index contributed by atoms with van der Waals surface area (Å²) in [7, 11) is 0. The lowest BCUT2D eigenvalue weighted by Crippen LogP contribution is -3.14. The van der Waals surface area contributed by atoms with Crippen LogP contribution in [0.3, 0.4) is 0 Å². The Morgan fingerprint density at radius 1 is 1.18 bits per heavy atom. The van der Waals surface area contributed by atoms with Crippen molar-refractivity contribution in [3.05, 3.63) is 29.3 Å². The first-order valence-electron chi connectivity index (χ1n) is 8.16. The number of nitrogens with one attached hydrogen (secondary N) is 2. The fourth-order valence-electron chi connectivity index (χ4n) is 3.57. The summed E-state index contributed by atoms with van der Waals surface area (Å²) >= 11 is 0. The van der Waals surface area contributed by atoms with Crippen LogP contribution in [0.15, 0.2) is 18.2 Å². The first kappa shape index (κ1) is 15.0. The molecule has 0 radical (unpaired) electrons. The molecule has 1 aliphatic heterocycles. The average Bonchev–Trinajstić information content (AvgIpc) is 2.95. The van der Waals surface area contributed by atoms with Crippen molar-refractivity contribution in [2.75, 3.05) is 25.0 Å². The summed E-state index contributed by atoms with van der Waals surface area (Å²) in [6.45, 7) is 2.14. The highest BCUT2D eigenvalue weighted by Gasteiger charge is 2.27. The Bertz CT molecular complexity index is 577. The number of fused-ring (bicyclic) bond motifs is 1. The van der Waals surface area contributed by atoms with Crippen LogP contribution in [0.25, 0.3) is 0 Å². The van der Waals surface area contributed by atoms with Crippen LogP contribution in [0.1, 0.15) is 30.4 Å². The number of piperidine rings is 1. The molecular formula is C17H24N3O2+. The van der Waals surface area contributed by atoms with Gasteiger partial charge in [0.15, 0.2) is 6.54 Å². The first-order chi connectivity index (χ1) is 10.6. The number of carbonyl (C=O) groups is 2. The van der Waals surface area contributed by atoms with Gasteiger partial charge in [0.25, 0.3) is 5.91 Å². The van der Waals surface area contributed by atoms with Crippen LogP contribution in [-0.2, 0) is 22.4 Å². The standard InChI is InChI=1S/C17H23N3O2/c18-17(22)13-6-8-20(9-7-13)11-16(21)19-15-5-4-12-2-1-3-14(12)10-15/h4-5,10,13H,1-3,6-9,11H2,(H2,18,22)(H,19,21)/p+1. The highest BCUT2D eigenvalue weighted by Crippen LogP contribution is 2.24. The van der Waals surface area contributed by atoms with E-state index < -0.39 is 0 Å². The zero-order valence-corrected chi connectivity index (χ0v) is 12.9. The second-order valence-electron chi connectivity index (χ2n) is 6.49. The summed E-state index contributed by atoms with van der Waals surface area (Å²) < 4.78 is 0. The predicted molar refractivity (Wildman–Crippen MR) is 84.6 cm³/mol. The maximum absolute atomic E-state index is 12.2. The van der Waals surface area contributed by atoms with Crippen molar-refractivity contribution in [1.29, 1.82) is 0 Å². The summed E-state index contributed by atoms with van der Waals surface area (Å²) in [5.74, 6) is -0.171. The molecule has 0 spiro atoms. The van der Waals surface area contributed by atoms with Gasteiger partial charge in [-0.25, -0.2) is 0 Å². The topological polar surface area (TPSA) is 76.6 Å². The van der Waals surface area contributed by atoms with Crippen molar-refractivity contribution in [1.82, 2.24) is 0 Å². The molecule has 5 heteroatoms. The third-order valence-electron chi connectivity index (χ3n) is 4.89. The average molecular weight is 302 g/mol. The van der Waals surface area contributed by atoms with Gasteiger partial charge in [0.1, 0.15) is 0 Å². The lowest BCUT2D eigenvalue weighted by molar-refractivity contribution is -0.897. The number of carbonyl (C=O) groups excluding carboxylic acids is 2. The molecule has 0 aromatic heterocycles. The van der Waals surface area contributed by atoms with Gasteiger partial charge in [0, 0.05) is 24.4 Å². The van der Waals surface area contributed by atoms with E-state index in [0.717, 1.165) is 44.5 Å². The van der Waals surface area contributed by atoms with Crippen LogP contribution in [0.5, 0.6) is 0 Å². The Morgan fingerprint density at radius 3 is 2.64 bits per heavy atom. The number of primary amides is 1. The SMILES string of the molecule is NC(=O)C1CC[NH+](CC(=O)Nc2ccc3c(c2)CCC3)CC1. The maximum Gasteiger partial charge on any atom is 0.279 e. The van der Waals surface area contributed by atoms with E-state index in [1.54, 1.807) is 0 Å². The number of likely N-dealkylation sites (tertiary alicyclic amines) is 1. The highest BCUT2D eigenvalue weighted by atomic mass is 16.2. The maximum atomic E-state index is 12.2. The van der Waals surface area contributed by atoms with Crippen molar-refractivity contribution in [3.8, 4) is 0 Å². The van der Waals surface area contributed by atoms with Crippen LogP contribution < -0.4 is 16.0 Å². The summed E-state index contributed by atoms with van der Waals surface area (Å²) in [4.78, 5) is 24.6. The Morgan fingerprint density at radius 2 is 1.91 bits per heavy atom. The normalized spacial score (nSPS) is 23.8. The molecule has 0 saturated carbocycles. The third-order valence-corrected chi connectivity index (χ3v) is 4.89. The minimum absolute atomic E-state index is 0.0106. The van der Waals surface area contributed by atoms with Crippen LogP contribution >= 0.6 is 0 Å². The van der Waals surface area contributed by atoms with Crippen LogP contribution in [-0.4, -0.2) is 31.4 Å². The van der Waals surface area contributed by atoms with Crippen molar-refractivity contribution in [2.24, 2.45) is 11.7 Å². The summed E-state index contributed by atoms with van der Waals surface area (Å²) in [5.41, 5.74) is 9.02. The van der Waals surface area contributed by atoms with E-state index >= 15 is 0 Å². The second-order valence-corrected chi connectivity index (χ2v) is 6.49. The number of benzene rings is 1. The number of nitrogens with two attached hydrogens (primary N) is 1. The fourth-order valence-corrected chi connectivity index (χ4v) is 3.57. The van der Waals surface area contributed by atoms with Crippen LogP contribution in [0, 0.1) is 5.92 Å². The number of hydrogen-bond donors (Lipinski definition) is 3. The Balaban J connectivity index is 1.50. The molecule has 1 saturated heterocycles. The lowest BCUT2D eigenvalue weighted by Gasteiger charge is -2.27. The van der Waals surface area contributed by atoms with Crippen molar-refractivity contribution in [3.63, 3.8) is 0 Å². The molecule has 0 bridgehead atoms. The van der Waals surface area contributed by atoms with Gasteiger partial charge in [0.2, 0.25) is 5.91 Å². The monoisotopic (exact) mass is 302 g/mol. The molecule has 5 nitrogen and oxygen atoms in total. The Kier molecular flexibility index (Phi) is 4.43. The minimum Gasteiger partial charge on any atom is -0.369 e. The van der Waals surface area contributed by atoms with E-state index in [4.69, 9.17) is 5.73 Å². The van der Waals surface area contributed by atoms with Crippen molar-refractivity contribution >= 4 is 17.5 Å². The van der Waals surface area contributed by atoms with Gasteiger partial charge in [-0.05, 0) is 42.5 Å². The zero-order chi connectivity index (χ0) is 15.5. The van der Waals surface area contributed by atoms with E-state index in [1.165, 1.54) is 22.4 Å². The third kappa shape index (κ3) is 3.47. The first-order valence-corrected chi connectivity index (χ1v) is 8.16. The van der Waals surface area contributed by atoms with Gasteiger partial charge >= 0.3 is 0 Å². The fraction of sp³-hybridized carbons (Fsp3) is 0.529. The molecule has 4 N–H and O–H groups in total. The summed E-state index contributed by atoms with van der Waals surface area (Å²) in [6, 6.07) is 6.23. The van der Waals surface area contributed by atoms with E-state index in [2.05, 4.69) is 17.4 Å². The summed E-state index contributed by atoms with van der Waals surface area (Å²) in [6.07, 6.45) is 5.06. The van der Waals surface area contributed by atoms with Gasteiger partial charge in [-0.1, -0.05) is 6.07 Å². The summed E-state index contributed by atoms with van der Waals surface area (Å²) in [5, 5.41) is 3.00. The number of anilines is 1. The van der Waals surface area contributed by atoms with E-state index in [-0.39, 0.29) is 17.7 Å². The molecule has 0 unspecified atom stereocenters. The van der Waals surface area contributed by atoms with Crippen LogP contribution in [0.2, 0.25) is 0 Å². The van der Waals surface area contributed by atoms with Gasteiger partial charge in [-0.3, -0.25) is 9.59 Å². The molecule has 22 heavy (non-hydrogen) atoms. The molecule has 2 aliphatic rings. The van der Waals surface area contributed by atoms with Crippen molar-refractivity contribution in [2.45, 2.75) is 32.1 Å². The van der Waals surface area contributed by atoms with E-state index in [0.29, 0.717) is 6.54 Å². The van der Waals surface area contributed by atoms with E-state index in [1.807, 2.05) is 6.07 Å². The van der Waals surface area contributed by atoms with Crippen molar-refractivity contribution < 1.29 is 14.5 Å². The Hall–Kier alpha value is -1.88. The molecule has 1 fully saturated rings. The van der Waals surface area contributed by atoms with Gasteiger partial charge < -0.3 is 16.0 Å². The number of quaternary nitrogens is 1. The van der Waals surface area contributed by atoms with Gasteiger partial charge in [0.05, 0.1) is 13.1 Å². The molecule has 118 valence electrons. The molecule has 2 amide bonds. The number of amides is 2. The van der Waals surface area contributed by atoms with Gasteiger partial charge in [-0.2, -0.15) is 0 Å². The lowest BCUT2D eigenvalue weighted by atomic mass is 9.96. The molecule has 1 aromatic rings. The smallest absolute Gasteiger partial charge is 0.279 e. The predicted octanol–water partition coefficient (Wildman–Crippen LogP) is -0.106. The second kappa shape index (κ2) is 6.48. The molecule has 1 aliphatic carbocycles. The number of rotatable bonds is 4. The number of aryl methyl sites for hydroxylation is 2. The molecule has 0 atom stereocenters. The van der Waals surface area contributed by atoms with Crippen LogP contribution in [0.4, 0.5) is 5.69 Å². The molecule has 1 aromatic carbocycles. The zero-order valence-electron chi connectivity index (χ0n) is 12.9. The molecular weight excluding hydrogens is 278 g/mol. The number of hydrogen-bond acceptors (Lipinski definition) is 2. The van der Waals surface area contributed by atoms with E-state index in [9.17, 15) is 9.59 Å². The molecule has 1 heterocycles. The molecule has 3 rings (SSSR count). The highest BCUT2D eigenvalue weighted by molar-refractivity contribution is 5.91. The Labute approximate surface area is 130 Å².